The van der Waals surface area contributed by atoms with Gasteiger partial charge in [0.2, 0.25) is 5.91 Å². The maximum Gasteiger partial charge on any atom is 0.252 e. The van der Waals surface area contributed by atoms with Crippen LogP contribution in [0.3, 0.4) is 0 Å². The fourth-order valence-electron chi connectivity index (χ4n) is 4.01. The molecule has 1 atom stereocenters. The lowest BCUT2D eigenvalue weighted by Crippen LogP contribution is -2.56. The first-order valence-electron chi connectivity index (χ1n) is 10.2. The third-order valence-corrected chi connectivity index (χ3v) is 5.69. The number of ether oxygens (including phenoxy) is 1. The van der Waals surface area contributed by atoms with Gasteiger partial charge >= 0.3 is 0 Å². The number of benzene rings is 1. The molecule has 1 aromatic carbocycles. The van der Waals surface area contributed by atoms with Crippen LogP contribution in [-0.4, -0.2) is 56.7 Å². The quantitative estimate of drug-likeness (QED) is 0.664. The van der Waals surface area contributed by atoms with Crippen molar-refractivity contribution in [2.45, 2.75) is 50.7 Å². The first-order valence-corrected chi connectivity index (χ1v) is 10.2. The largest absolute Gasteiger partial charge is 0.371 e. The molecule has 1 unspecified atom stereocenters. The molecule has 28 heavy (non-hydrogen) atoms. The van der Waals surface area contributed by atoms with Crippen LogP contribution in [0.2, 0.25) is 0 Å². The van der Waals surface area contributed by atoms with Crippen LogP contribution < -0.4 is 20.9 Å². The number of hydrogen-bond donors (Lipinski definition) is 3. The monoisotopic (exact) mass is 388 g/mol. The van der Waals surface area contributed by atoms with Gasteiger partial charge in [0.1, 0.15) is 5.60 Å². The summed E-state index contributed by atoms with van der Waals surface area (Å²) in [7, 11) is 1.58. The van der Waals surface area contributed by atoms with E-state index in [1.807, 2.05) is 25.1 Å². The summed E-state index contributed by atoms with van der Waals surface area (Å²) in [5.74, 6) is -0.240. The van der Waals surface area contributed by atoms with Crippen molar-refractivity contribution in [3.8, 4) is 0 Å². The fourth-order valence-corrected chi connectivity index (χ4v) is 4.01. The third kappa shape index (κ3) is 5.02. The first-order chi connectivity index (χ1) is 13.5. The van der Waals surface area contributed by atoms with Crippen molar-refractivity contribution in [1.82, 2.24) is 10.6 Å². The van der Waals surface area contributed by atoms with Crippen molar-refractivity contribution >= 4 is 23.2 Å². The average molecular weight is 389 g/mol. The van der Waals surface area contributed by atoms with Crippen molar-refractivity contribution in [2.24, 2.45) is 0 Å². The van der Waals surface area contributed by atoms with E-state index in [-0.39, 0.29) is 24.3 Å². The predicted octanol–water partition coefficient (Wildman–Crippen LogP) is 1.89. The lowest BCUT2D eigenvalue weighted by Gasteiger charge is -2.35. The molecule has 2 aliphatic rings. The second kappa shape index (κ2) is 9.39. The Morgan fingerprint density at radius 2 is 1.96 bits per heavy atom. The van der Waals surface area contributed by atoms with Gasteiger partial charge < -0.3 is 25.6 Å². The van der Waals surface area contributed by atoms with Gasteiger partial charge in [-0.25, -0.2) is 0 Å². The van der Waals surface area contributed by atoms with E-state index in [2.05, 4.69) is 26.9 Å². The van der Waals surface area contributed by atoms with Crippen molar-refractivity contribution < 1.29 is 14.3 Å². The number of carbonyl (C=O) groups is 2. The van der Waals surface area contributed by atoms with Gasteiger partial charge in [0.05, 0.1) is 0 Å². The van der Waals surface area contributed by atoms with Gasteiger partial charge in [-0.1, -0.05) is 6.07 Å². The van der Waals surface area contributed by atoms with E-state index in [4.69, 9.17) is 4.74 Å². The maximum absolute atomic E-state index is 12.7. The second-order valence-electron chi connectivity index (χ2n) is 7.82. The third-order valence-electron chi connectivity index (χ3n) is 5.69. The number of anilines is 2. The molecule has 2 heterocycles. The summed E-state index contributed by atoms with van der Waals surface area (Å²) < 4.78 is 5.55. The van der Waals surface area contributed by atoms with E-state index < -0.39 is 5.60 Å². The molecule has 154 valence electrons. The maximum atomic E-state index is 12.7. The molecule has 0 spiro atoms. The zero-order valence-electron chi connectivity index (χ0n) is 16.9. The number of amides is 2. The van der Waals surface area contributed by atoms with E-state index in [1.165, 1.54) is 12.8 Å². The highest BCUT2D eigenvalue weighted by Crippen LogP contribution is 2.24. The predicted molar refractivity (Wildman–Crippen MR) is 111 cm³/mol. The highest BCUT2D eigenvalue weighted by atomic mass is 16.5. The molecule has 7 nitrogen and oxygen atoms in total. The van der Waals surface area contributed by atoms with E-state index >= 15 is 0 Å². The Morgan fingerprint density at radius 3 is 2.64 bits per heavy atom. The Bertz CT molecular complexity index is 682. The first kappa shape index (κ1) is 20.6. The van der Waals surface area contributed by atoms with Gasteiger partial charge in [0.25, 0.3) is 5.91 Å². The van der Waals surface area contributed by atoms with Crippen molar-refractivity contribution in [3.63, 3.8) is 0 Å². The van der Waals surface area contributed by atoms with E-state index in [9.17, 15) is 9.59 Å². The summed E-state index contributed by atoms with van der Waals surface area (Å²) in [5.41, 5.74) is 1.14. The van der Waals surface area contributed by atoms with E-state index in [0.29, 0.717) is 12.8 Å². The normalized spacial score (nSPS) is 19.9. The molecular formula is C21H32N4O3. The highest BCUT2D eigenvalue weighted by molar-refractivity contribution is 5.92. The number of piperidine rings is 1. The fraction of sp³-hybridized carbons (Fsp3) is 0.619. The van der Waals surface area contributed by atoms with Gasteiger partial charge in [0, 0.05) is 44.0 Å². The SMILES string of the molecule is COC1(C(=O)NC(C)CC(=O)Nc2cccc(N3CCCC3)c2)CCNCC1. The van der Waals surface area contributed by atoms with Gasteiger partial charge in [0.15, 0.2) is 0 Å². The topological polar surface area (TPSA) is 82.7 Å². The number of carbonyl (C=O) groups excluding carboxylic acids is 2. The van der Waals surface area contributed by atoms with Gasteiger partial charge in [-0.3, -0.25) is 9.59 Å². The smallest absolute Gasteiger partial charge is 0.252 e. The van der Waals surface area contributed by atoms with Crippen LogP contribution in [0.4, 0.5) is 11.4 Å². The molecule has 1 aromatic rings. The Kier molecular flexibility index (Phi) is 6.91. The number of hydrogen-bond acceptors (Lipinski definition) is 5. The number of nitrogens with zero attached hydrogens (tertiary/aromatic N) is 1. The second-order valence-corrected chi connectivity index (χ2v) is 7.82. The molecule has 0 radical (unpaired) electrons. The number of rotatable bonds is 7. The van der Waals surface area contributed by atoms with Crippen LogP contribution in [0.25, 0.3) is 0 Å². The zero-order valence-corrected chi connectivity index (χ0v) is 16.9. The number of nitrogens with one attached hydrogen (secondary N) is 3. The molecule has 0 aromatic heterocycles. The molecule has 0 bridgehead atoms. The Hall–Kier alpha value is -2.12. The van der Waals surface area contributed by atoms with Crippen LogP contribution >= 0.6 is 0 Å². The zero-order chi connectivity index (χ0) is 20.0. The van der Waals surface area contributed by atoms with Crippen LogP contribution in [0.1, 0.15) is 39.0 Å². The van der Waals surface area contributed by atoms with Gasteiger partial charge in [-0.2, -0.15) is 0 Å². The van der Waals surface area contributed by atoms with Crippen molar-refractivity contribution in [2.75, 3.05) is 43.5 Å². The average Bonchev–Trinajstić information content (AvgIpc) is 3.23. The molecule has 0 saturated carbocycles. The van der Waals surface area contributed by atoms with E-state index in [1.54, 1.807) is 7.11 Å². The Morgan fingerprint density at radius 1 is 1.25 bits per heavy atom. The molecule has 7 heteroatoms. The molecular weight excluding hydrogens is 356 g/mol. The van der Waals surface area contributed by atoms with Gasteiger partial charge in [-0.15, -0.1) is 0 Å². The molecule has 2 fully saturated rings. The summed E-state index contributed by atoms with van der Waals surface area (Å²) in [4.78, 5) is 27.5. The molecule has 0 aliphatic carbocycles. The minimum atomic E-state index is -0.792. The lowest BCUT2D eigenvalue weighted by atomic mass is 9.90. The summed E-state index contributed by atoms with van der Waals surface area (Å²) in [5, 5.41) is 9.15. The summed E-state index contributed by atoms with van der Waals surface area (Å²) >= 11 is 0. The van der Waals surface area contributed by atoms with Crippen molar-refractivity contribution in [1.29, 1.82) is 0 Å². The molecule has 3 N–H and O–H groups in total. The van der Waals surface area contributed by atoms with Crippen LogP contribution in [0.5, 0.6) is 0 Å². The van der Waals surface area contributed by atoms with Crippen LogP contribution in [-0.2, 0) is 14.3 Å². The minimum absolute atomic E-state index is 0.108. The lowest BCUT2D eigenvalue weighted by molar-refractivity contribution is -0.147. The molecule has 2 amide bonds. The summed E-state index contributed by atoms with van der Waals surface area (Å²) in [6.07, 6.45) is 3.92. The van der Waals surface area contributed by atoms with Crippen LogP contribution in [0, 0.1) is 0 Å². The molecule has 3 rings (SSSR count). The van der Waals surface area contributed by atoms with Crippen LogP contribution in [0.15, 0.2) is 24.3 Å². The molecule has 2 aliphatic heterocycles. The minimum Gasteiger partial charge on any atom is -0.371 e. The standard InChI is InChI=1S/C21H32N4O3/c1-16(23-20(27)21(28-2)8-10-22-11-9-21)14-19(26)24-17-6-5-7-18(15-17)25-12-3-4-13-25/h5-7,15-16,22H,3-4,8-14H2,1-2H3,(H,23,27)(H,24,26). The highest BCUT2D eigenvalue weighted by Gasteiger charge is 2.40. The number of methoxy groups -OCH3 is 1. The van der Waals surface area contributed by atoms with E-state index in [0.717, 1.165) is 37.6 Å². The Balaban J connectivity index is 1.51. The van der Waals surface area contributed by atoms with Gasteiger partial charge in [-0.05, 0) is 63.9 Å². The summed E-state index contributed by atoms with van der Waals surface area (Å²) in [6, 6.07) is 7.69. The molecule has 2 saturated heterocycles. The van der Waals surface area contributed by atoms with Crippen molar-refractivity contribution in [3.05, 3.63) is 24.3 Å². The Labute approximate surface area is 167 Å². The summed E-state index contributed by atoms with van der Waals surface area (Å²) in [6.45, 7) is 5.49.